The number of nitrogens with one attached hydrogen (secondary N) is 3. The van der Waals surface area contributed by atoms with Crippen molar-refractivity contribution >= 4 is 34.0 Å². The van der Waals surface area contributed by atoms with Crippen molar-refractivity contribution in [1.82, 2.24) is 10.0 Å². The van der Waals surface area contributed by atoms with Gasteiger partial charge in [0.1, 0.15) is 16.2 Å². The van der Waals surface area contributed by atoms with Gasteiger partial charge in [0, 0.05) is 18.8 Å². The molecule has 0 unspecified atom stereocenters. The van der Waals surface area contributed by atoms with Crippen LogP contribution in [-0.4, -0.2) is 53.3 Å². The SMILES string of the molecule is COc1ccc(NC(=O)C2(OC)CCNCC2)cc1S(=O)(=O)NC1CC1.Cl. The fraction of sp³-hybridized carbons (Fsp3) is 0.588. The van der Waals surface area contributed by atoms with E-state index in [9.17, 15) is 13.2 Å². The first-order valence-corrected chi connectivity index (χ1v) is 10.2. The van der Waals surface area contributed by atoms with Gasteiger partial charge < -0.3 is 20.1 Å². The van der Waals surface area contributed by atoms with Gasteiger partial charge in [-0.1, -0.05) is 0 Å². The zero-order chi connectivity index (χ0) is 18.8. The van der Waals surface area contributed by atoms with Crippen molar-refractivity contribution in [2.75, 3.05) is 32.6 Å². The number of sulfonamides is 1. The maximum Gasteiger partial charge on any atom is 0.256 e. The Balaban J connectivity index is 0.00000261. The van der Waals surface area contributed by atoms with Crippen LogP contribution in [0.4, 0.5) is 5.69 Å². The molecule has 1 aromatic carbocycles. The summed E-state index contributed by atoms with van der Waals surface area (Å²) >= 11 is 0. The van der Waals surface area contributed by atoms with Crippen LogP contribution in [0.1, 0.15) is 25.7 Å². The van der Waals surface area contributed by atoms with Gasteiger partial charge in [-0.15, -0.1) is 12.4 Å². The lowest BCUT2D eigenvalue weighted by Gasteiger charge is -2.34. The van der Waals surface area contributed by atoms with E-state index in [1.54, 1.807) is 12.1 Å². The van der Waals surface area contributed by atoms with Crippen LogP contribution in [0.15, 0.2) is 23.1 Å². The van der Waals surface area contributed by atoms with Crippen molar-refractivity contribution < 1.29 is 22.7 Å². The number of benzene rings is 1. The first kappa shape index (κ1) is 21.9. The first-order valence-electron chi connectivity index (χ1n) is 8.68. The Bertz CT molecular complexity index is 777. The molecular formula is C17H26ClN3O5S. The number of halogens is 1. The van der Waals surface area contributed by atoms with Crippen molar-refractivity contribution in [2.24, 2.45) is 0 Å². The number of rotatable bonds is 7. The summed E-state index contributed by atoms with van der Waals surface area (Å²) in [4.78, 5) is 12.8. The first-order chi connectivity index (χ1) is 12.4. The average molecular weight is 420 g/mol. The second-order valence-corrected chi connectivity index (χ2v) is 8.35. The fourth-order valence-corrected chi connectivity index (χ4v) is 4.55. The van der Waals surface area contributed by atoms with Crippen LogP contribution >= 0.6 is 12.4 Å². The highest BCUT2D eigenvalue weighted by Crippen LogP contribution is 2.31. The second-order valence-electron chi connectivity index (χ2n) is 6.66. The summed E-state index contributed by atoms with van der Waals surface area (Å²) in [5.74, 6) is -0.0374. The molecule has 10 heteroatoms. The summed E-state index contributed by atoms with van der Waals surface area (Å²) in [6, 6.07) is 4.57. The molecule has 2 fully saturated rings. The number of anilines is 1. The third-order valence-electron chi connectivity index (χ3n) is 4.83. The maximum absolute atomic E-state index is 12.8. The molecule has 1 aliphatic heterocycles. The summed E-state index contributed by atoms with van der Waals surface area (Å²) in [6.07, 6.45) is 2.78. The van der Waals surface area contributed by atoms with E-state index < -0.39 is 15.6 Å². The summed E-state index contributed by atoms with van der Waals surface area (Å²) in [5, 5.41) is 5.99. The number of ether oxygens (including phenoxy) is 2. The third-order valence-corrected chi connectivity index (χ3v) is 6.37. The van der Waals surface area contributed by atoms with Crippen LogP contribution in [0, 0.1) is 0 Å². The van der Waals surface area contributed by atoms with Crippen molar-refractivity contribution in [2.45, 2.75) is 42.2 Å². The molecule has 3 N–H and O–H groups in total. The molecule has 8 nitrogen and oxygen atoms in total. The van der Waals surface area contributed by atoms with Crippen LogP contribution in [0.2, 0.25) is 0 Å². The summed E-state index contributed by atoms with van der Waals surface area (Å²) in [7, 11) is -0.774. The largest absolute Gasteiger partial charge is 0.495 e. The molecule has 0 aromatic heterocycles. The van der Waals surface area contributed by atoms with E-state index in [-0.39, 0.29) is 35.0 Å². The third kappa shape index (κ3) is 4.91. The minimum atomic E-state index is -3.71. The Labute approximate surface area is 165 Å². The minimum absolute atomic E-state index is 0. The topological polar surface area (TPSA) is 106 Å². The molecule has 1 heterocycles. The zero-order valence-corrected chi connectivity index (χ0v) is 17.0. The van der Waals surface area contributed by atoms with E-state index >= 15 is 0 Å². The van der Waals surface area contributed by atoms with E-state index in [0.29, 0.717) is 31.6 Å². The Morgan fingerprint density at radius 3 is 2.44 bits per heavy atom. The molecule has 3 rings (SSSR count). The van der Waals surface area contributed by atoms with Gasteiger partial charge >= 0.3 is 0 Å². The van der Waals surface area contributed by atoms with Crippen LogP contribution in [0.3, 0.4) is 0 Å². The predicted octanol–water partition coefficient (Wildman–Crippen LogP) is 1.26. The highest BCUT2D eigenvalue weighted by molar-refractivity contribution is 7.89. The number of hydrogen-bond acceptors (Lipinski definition) is 6. The molecule has 1 aliphatic carbocycles. The van der Waals surface area contributed by atoms with E-state index in [0.717, 1.165) is 12.8 Å². The molecule has 1 aromatic rings. The van der Waals surface area contributed by atoms with Crippen LogP contribution in [0.5, 0.6) is 5.75 Å². The van der Waals surface area contributed by atoms with Crippen molar-refractivity contribution in [3.8, 4) is 5.75 Å². The van der Waals surface area contributed by atoms with Gasteiger partial charge in [0.25, 0.3) is 5.91 Å². The van der Waals surface area contributed by atoms with Gasteiger partial charge in [-0.05, 0) is 57.0 Å². The van der Waals surface area contributed by atoms with Gasteiger partial charge in [0.05, 0.1) is 7.11 Å². The number of amides is 1. The Hall–Kier alpha value is -1.39. The summed E-state index contributed by atoms with van der Waals surface area (Å²) < 4.78 is 38.5. The average Bonchev–Trinajstić information content (AvgIpc) is 3.45. The molecule has 27 heavy (non-hydrogen) atoms. The Morgan fingerprint density at radius 1 is 1.22 bits per heavy atom. The van der Waals surface area contributed by atoms with Crippen molar-refractivity contribution in [3.05, 3.63) is 18.2 Å². The highest BCUT2D eigenvalue weighted by Gasteiger charge is 2.40. The van der Waals surface area contributed by atoms with Gasteiger partial charge in [0.15, 0.2) is 0 Å². The number of carbonyl (C=O) groups excluding carboxylic acids is 1. The van der Waals surface area contributed by atoms with Crippen molar-refractivity contribution in [1.29, 1.82) is 0 Å². The molecule has 1 saturated carbocycles. The lowest BCUT2D eigenvalue weighted by atomic mass is 9.91. The summed E-state index contributed by atoms with van der Waals surface area (Å²) in [6.45, 7) is 1.38. The highest BCUT2D eigenvalue weighted by atomic mass is 35.5. The van der Waals surface area contributed by atoms with Crippen LogP contribution in [-0.2, 0) is 19.6 Å². The molecule has 2 aliphatic rings. The standard InChI is InChI=1S/C17H25N3O5S.ClH/c1-24-14-6-5-13(11-15(14)26(22,23)20-12-3-4-12)19-16(21)17(25-2)7-9-18-10-8-17;/h5-6,11-12,18,20H,3-4,7-10H2,1-2H3,(H,19,21);1H. The molecule has 0 spiro atoms. The quantitative estimate of drug-likeness (QED) is 0.614. The molecule has 152 valence electrons. The Kier molecular flexibility index (Phi) is 7.09. The van der Waals surface area contributed by atoms with E-state index in [4.69, 9.17) is 9.47 Å². The minimum Gasteiger partial charge on any atom is -0.495 e. The normalized spacial score (nSPS) is 19.0. The zero-order valence-electron chi connectivity index (χ0n) is 15.4. The lowest BCUT2D eigenvalue weighted by Crippen LogP contribution is -2.51. The van der Waals surface area contributed by atoms with E-state index in [1.807, 2.05) is 0 Å². The molecule has 0 atom stereocenters. The molecule has 0 radical (unpaired) electrons. The number of carbonyl (C=O) groups is 1. The molecular weight excluding hydrogens is 394 g/mol. The van der Waals surface area contributed by atoms with Crippen LogP contribution < -0.4 is 20.1 Å². The Morgan fingerprint density at radius 2 is 1.89 bits per heavy atom. The second kappa shape index (κ2) is 8.74. The van der Waals surface area contributed by atoms with Gasteiger partial charge in [0.2, 0.25) is 10.0 Å². The monoisotopic (exact) mass is 419 g/mol. The number of piperidine rings is 1. The number of methoxy groups -OCH3 is 2. The van der Waals surface area contributed by atoms with Crippen molar-refractivity contribution in [3.63, 3.8) is 0 Å². The smallest absolute Gasteiger partial charge is 0.256 e. The summed E-state index contributed by atoms with van der Waals surface area (Å²) in [5.41, 5.74) is -0.516. The molecule has 0 bridgehead atoms. The van der Waals surface area contributed by atoms with Gasteiger partial charge in [-0.3, -0.25) is 4.79 Å². The maximum atomic E-state index is 12.8. The lowest BCUT2D eigenvalue weighted by molar-refractivity contribution is -0.140. The van der Waals surface area contributed by atoms with E-state index in [2.05, 4.69) is 15.4 Å². The van der Waals surface area contributed by atoms with Gasteiger partial charge in [-0.25, -0.2) is 13.1 Å². The van der Waals surface area contributed by atoms with Gasteiger partial charge in [-0.2, -0.15) is 0 Å². The predicted molar refractivity (Wildman–Crippen MR) is 104 cm³/mol. The molecule has 1 amide bonds. The fourth-order valence-electron chi connectivity index (χ4n) is 3.05. The molecule has 1 saturated heterocycles. The van der Waals surface area contributed by atoms with E-state index in [1.165, 1.54) is 20.3 Å². The number of hydrogen-bond donors (Lipinski definition) is 3. The van der Waals surface area contributed by atoms with Crippen LogP contribution in [0.25, 0.3) is 0 Å².